The molecule has 2 heterocycles. The molecule has 0 aliphatic carbocycles. The van der Waals surface area contributed by atoms with Crippen molar-refractivity contribution in [1.82, 2.24) is 25.3 Å². The van der Waals surface area contributed by atoms with Gasteiger partial charge in [0.25, 0.3) is 5.56 Å². The molecule has 0 radical (unpaired) electrons. The number of carbonyl (C=O) groups is 1. The zero-order chi connectivity index (χ0) is 17.3. The van der Waals surface area contributed by atoms with Crippen LogP contribution in [0.5, 0.6) is 0 Å². The Bertz CT molecular complexity index is 1040. The lowest BCUT2D eigenvalue weighted by molar-refractivity contribution is -0.129. The van der Waals surface area contributed by atoms with E-state index in [1.54, 1.807) is 23.1 Å². The van der Waals surface area contributed by atoms with Gasteiger partial charge in [-0.1, -0.05) is 18.2 Å². The second kappa shape index (κ2) is 6.23. The summed E-state index contributed by atoms with van der Waals surface area (Å²) in [6.07, 6.45) is 0.854. The van der Waals surface area contributed by atoms with Crippen molar-refractivity contribution in [1.29, 1.82) is 0 Å². The minimum Gasteiger partial charge on any atom is -0.339 e. The average molecular weight is 327 g/mol. The van der Waals surface area contributed by atoms with Gasteiger partial charge < -0.3 is 9.88 Å². The maximum atomic E-state index is 12.5. The summed E-state index contributed by atoms with van der Waals surface area (Å²) in [7, 11) is 0. The number of hydrogen-bond donors (Lipinski definition) is 2. The van der Waals surface area contributed by atoms with Crippen molar-refractivity contribution in [3.05, 3.63) is 44.3 Å². The molecule has 2 N–H and O–H groups in total. The molecule has 3 rings (SSSR count). The predicted molar refractivity (Wildman–Crippen MR) is 89.7 cm³/mol. The zero-order valence-electron chi connectivity index (χ0n) is 13.4. The van der Waals surface area contributed by atoms with E-state index in [9.17, 15) is 14.4 Å². The van der Waals surface area contributed by atoms with Crippen LogP contribution in [0.15, 0.2) is 27.8 Å². The Morgan fingerprint density at radius 3 is 2.79 bits per heavy atom. The minimum atomic E-state index is -0.486. The first-order valence-corrected chi connectivity index (χ1v) is 7.66. The second-order valence-electron chi connectivity index (χ2n) is 5.64. The van der Waals surface area contributed by atoms with Crippen LogP contribution in [0.3, 0.4) is 0 Å². The molecule has 3 aromatic rings. The molecule has 24 heavy (non-hydrogen) atoms. The number of H-pyrrole nitrogens is 2. The van der Waals surface area contributed by atoms with E-state index < -0.39 is 5.56 Å². The smallest absolute Gasteiger partial charge is 0.278 e. The van der Waals surface area contributed by atoms with Gasteiger partial charge in [-0.2, -0.15) is 0 Å². The summed E-state index contributed by atoms with van der Waals surface area (Å²) >= 11 is 0. The van der Waals surface area contributed by atoms with E-state index >= 15 is 0 Å². The standard InChI is InChI=1S/C16H17N5O3/c1-3-6-21(9(2)22)8-10-4-5-11-12(7-10)17-16(24)14-13(15(11)23)18-20-19-14/h4-5,7H,3,6,8H2,1-2H3,(H,17,24)(H,18,19,20). The highest BCUT2D eigenvalue weighted by Gasteiger charge is 2.12. The van der Waals surface area contributed by atoms with Crippen molar-refractivity contribution >= 4 is 27.8 Å². The molecule has 1 amide bonds. The van der Waals surface area contributed by atoms with Crippen molar-refractivity contribution in [2.24, 2.45) is 0 Å². The number of rotatable bonds is 4. The third kappa shape index (κ3) is 2.78. The van der Waals surface area contributed by atoms with Gasteiger partial charge in [0, 0.05) is 25.4 Å². The van der Waals surface area contributed by atoms with Crippen molar-refractivity contribution in [2.45, 2.75) is 26.8 Å². The molecule has 8 heteroatoms. The molecule has 0 aliphatic rings. The van der Waals surface area contributed by atoms with E-state index in [2.05, 4.69) is 20.4 Å². The molecular weight excluding hydrogens is 310 g/mol. The predicted octanol–water partition coefficient (Wildman–Crippen LogP) is 0.918. The lowest BCUT2D eigenvalue weighted by atomic mass is 10.1. The van der Waals surface area contributed by atoms with Gasteiger partial charge in [0.1, 0.15) is 5.52 Å². The molecule has 0 atom stereocenters. The Kier molecular flexibility index (Phi) is 4.11. The number of benzene rings is 1. The Balaban J connectivity index is 2.15. The second-order valence-corrected chi connectivity index (χ2v) is 5.64. The minimum absolute atomic E-state index is 0.0165. The van der Waals surface area contributed by atoms with Gasteiger partial charge in [0.15, 0.2) is 5.52 Å². The fraction of sp³-hybridized carbons (Fsp3) is 0.312. The van der Waals surface area contributed by atoms with Crippen LogP contribution in [-0.2, 0) is 11.3 Å². The molecule has 0 bridgehead atoms. The van der Waals surface area contributed by atoms with Gasteiger partial charge in [0.2, 0.25) is 11.3 Å². The summed E-state index contributed by atoms with van der Waals surface area (Å²) < 4.78 is 0. The SMILES string of the molecule is CCCN(Cc1ccc2c(=O)c3[nH]nnc3c(=O)[nH]c2c1)C(C)=O. The lowest BCUT2D eigenvalue weighted by Crippen LogP contribution is -2.28. The van der Waals surface area contributed by atoms with Gasteiger partial charge in [-0.3, -0.25) is 19.5 Å². The Labute approximate surface area is 136 Å². The molecule has 0 saturated heterocycles. The summed E-state index contributed by atoms with van der Waals surface area (Å²) in [5.41, 5.74) is 0.479. The van der Waals surface area contributed by atoms with E-state index in [0.717, 1.165) is 12.0 Å². The highest BCUT2D eigenvalue weighted by atomic mass is 16.2. The fourth-order valence-electron chi connectivity index (χ4n) is 2.69. The Morgan fingerprint density at radius 2 is 2.08 bits per heavy atom. The van der Waals surface area contributed by atoms with E-state index in [1.807, 2.05) is 6.92 Å². The number of hydrogen-bond acceptors (Lipinski definition) is 5. The van der Waals surface area contributed by atoms with Crippen LogP contribution >= 0.6 is 0 Å². The van der Waals surface area contributed by atoms with E-state index in [1.165, 1.54) is 6.92 Å². The summed E-state index contributed by atoms with van der Waals surface area (Å²) in [6, 6.07) is 5.15. The molecule has 0 unspecified atom stereocenters. The number of nitrogens with one attached hydrogen (secondary N) is 2. The number of carbonyl (C=O) groups excluding carboxylic acids is 1. The van der Waals surface area contributed by atoms with E-state index in [4.69, 9.17) is 0 Å². The average Bonchev–Trinajstić information content (AvgIpc) is 3.00. The summed E-state index contributed by atoms with van der Waals surface area (Å²) in [4.78, 5) is 40.8. The molecule has 0 aliphatic heterocycles. The number of nitrogens with zero attached hydrogens (tertiary/aromatic N) is 3. The number of aromatic amines is 2. The van der Waals surface area contributed by atoms with Crippen molar-refractivity contribution in [3.63, 3.8) is 0 Å². The van der Waals surface area contributed by atoms with Crippen LogP contribution < -0.4 is 11.0 Å². The lowest BCUT2D eigenvalue weighted by Gasteiger charge is -2.20. The first-order chi connectivity index (χ1) is 11.5. The quantitative estimate of drug-likeness (QED) is 0.740. The molecule has 0 saturated carbocycles. The number of aromatic nitrogens is 4. The highest BCUT2D eigenvalue weighted by molar-refractivity contribution is 5.86. The Hall–Kier alpha value is -3.03. The zero-order valence-corrected chi connectivity index (χ0v) is 13.4. The van der Waals surface area contributed by atoms with Crippen LogP contribution in [0.4, 0.5) is 0 Å². The monoisotopic (exact) mass is 327 g/mol. The topological polar surface area (TPSA) is 112 Å². The third-order valence-corrected chi connectivity index (χ3v) is 3.88. The van der Waals surface area contributed by atoms with E-state index in [-0.39, 0.29) is 22.4 Å². The van der Waals surface area contributed by atoms with Crippen molar-refractivity contribution in [3.8, 4) is 0 Å². The largest absolute Gasteiger partial charge is 0.339 e. The van der Waals surface area contributed by atoms with Crippen molar-refractivity contribution in [2.75, 3.05) is 6.54 Å². The normalized spacial score (nSPS) is 11.1. The molecule has 124 valence electrons. The maximum absolute atomic E-state index is 12.5. The third-order valence-electron chi connectivity index (χ3n) is 3.88. The van der Waals surface area contributed by atoms with Crippen LogP contribution in [0, 0.1) is 0 Å². The molecule has 8 nitrogen and oxygen atoms in total. The van der Waals surface area contributed by atoms with Gasteiger partial charge in [-0.25, -0.2) is 0 Å². The highest BCUT2D eigenvalue weighted by Crippen LogP contribution is 2.13. The fourth-order valence-corrected chi connectivity index (χ4v) is 2.69. The molecule has 0 fully saturated rings. The van der Waals surface area contributed by atoms with Gasteiger partial charge >= 0.3 is 0 Å². The van der Waals surface area contributed by atoms with Crippen molar-refractivity contribution < 1.29 is 4.79 Å². The molecule has 1 aromatic carbocycles. The van der Waals surface area contributed by atoms with Crippen LogP contribution in [-0.4, -0.2) is 37.7 Å². The maximum Gasteiger partial charge on any atom is 0.278 e. The summed E-state index contributed by atoms with van der Waals surface area (Å²) in [5.74, 6) is -0.0165. The van der Waals surface area contributed by atoms with Crippen LogP contribution in [0.25, 0.3) is 21.9 Å². The number of fused-ring (bicyclic) bond motifs is 2. The van der Waals surface area contributed by atoms with Gasteiger partial charge in [-0.05, 0) is 24.1 Å². The molecule has 0 spiro atoms. The first kappa shape index (κ1) is 15.9. The number of amides is 1. The summed E-state index contributed by atoms with van der Waals surface area (Å²) in [5, 5.41) is 10.0. The van der Waals surface area contributed by atoms with E-state index in [0.29, 0.717) is 24.0 Å². The van der Waals surface area contributed by atoms with Gasteiger partial charge in [0.05, 0.1) is 5.52 Å². The van der Waals surface area contributed by atoms with Crippen LogP contribution in [0.1, 0.15) is 25.8 Å². The Morgan fingerprint density at radius 1 is 1.29 bits per heavy atom. The first-order valence-electron chi connectivity index (χ1n) is 7.66. The van der Waals surface area contributed by atoms with Crippen LogP contribution in [0.2, 0.25) is 0 Å². The molecular formula is C16H17N5O3. The van der Waals surface area contributed by atoms with Gasteiger partial charge in [-0.15, -0.1) is 5.10 Å². The summed E-state index contributed by atoms with van der Waals surface area (Å²) in [6.45, 7) is 4.60. The molecule has 2 aromatic heterocycles.